The lowest BCUT2D eigenvalue weighted by Gasteiger charge is -2.25. The van der Waals surface area contributed by atoms with Crippen LogP contribution < -0.4 is 21.1 Å². The molecular weight excluding hydrogens is 242 g/mol. The summed E-state index contributed by atoms with van der Waals surface area (Å²) in [5.41, 5.74) is 8.07. The highest BCUT2D eigenvalue weighted by molar-refractivity contribution is 5.97. The maximum atomic E-state index is 11.6. The molecule has 2 aliphatic heterocycles. The van der Waals surface area contributed by atoms with Crippen molar-refractivity contribution < 1.29 is 9.53 Å². The molecule has 3 atom stereocenters. The summed E-state index contributed by atoms with van der Waals surface area (Å²) in [4.78, 5) is 11.6. The van der Waals surface area contributed by atoms with Crippen LogP contribution in [0.3, 0.4) is 0 Å². The topological polar surface area (TPSA) is 76.4 Å². The SMILES string of the molecule is CC1Oc2ccc(C(N)C3CCNC3)cc2NC1=O. The molecule has 0 bridgehead atoms. The van der Waals surface area contributed by atoms with E-state index in [1.165, 1.54) is 0 Å². The molecule has 0 saturated carbocycles. The Hall–Kier alpha value is -1.59. The van der Waals surface area contributed by atoms with E-state index in [2.05, 4.69) is 10.6 Å². The molecule has 5 nitrogen and oxygen atoms in total. The highest BCUT2D eigenvalue weighted by Crippen LogP contribution is 2.34. The van der Waals surface area contributed by atoms with E-state index in [-0.39, 0.29) is 11.9 Å². The Morgan fingerprint density at radius 3 is 3.05 bits per heavy atom. The highest BCUT2D eigenvalue weighted by atomic mass is 16.5. The Kier molecular flexibility index (Phi) is 3.16. The minimum absolute atomic E-state index is 0.00319. The zero-order valence-corrected chi connectivity index (χ0v) is 11.0. The van der Waals surface area contributed by atoms with Crippen LogP contribution in [-0.2, 0) is 4.79 Å². The first-order valence-electron chi connectivity index (χ1n) is 6.73. The van der Waals surface area contributed by atoms with Gasteiger partial charge >= 0.3 is 0 Å². The van der Waals surface area contributed by atoms with Gasteiger partial charge in [0.1, 0.15) is 5.75 Å². The molecule has 2 aliphatic rings. The molecule has 2 heterocycles. The number of fused-ring (bicyclic) bond motifs is 1. The summed E-state index contributed by atoms with van der Waals surface area (Å²) in [6.07, 6.45) is 0.657. The van der Waals surface area contributed by atoms with Crippen molar-refractivity contribution in [2.75, 3.05) is 18.4 Å². The third kappa shape index (κ3) is 2.31. The quantitative estimate of drug-likeness (QED) is 0.743. The zero-order valence-electron chi connectivity index (χ0n) is 11.0. The molecule has 1 amide bonds. The van der Waals surface area contributed by atoms with Gasteiger partial charge in [0.05, 0.1) is 5.69 Å². The number of benzene rings is 1. The fourth-order valence-corrected chi connectivity index (χ4v) is 2.69. The maximum absolute atomic E-state index is 11.6. The van der Waals surface area contributed by atoms with E-state index < -0.39 is 6.10 Å². The molecule has 3 rings (SSSR count). The van der Waals surface area contributed by atoms with Gasteiger partial charge in [-0.05, 0) is 50.0 Å². The van der Waals surface area contributed by atoms with Crippen LogP contribution in [-0.4, -0.2) is 25.1 Å². The van der Waals surface area contributed by atoms with Gasteiger partial charge in [0.2, 0.25) is 0 Å². The fourth-order valence-electron chi connectivity index (χ4n) is 2.69. The van der Waals surface area contributed by atoms with Crippen LogP contribution in [0, 0.1) is 5.92 Å². The van der Waals surface area contributed by atoms with Gasteiger partial charge in [0, 0.05) is 6.04 Å². The number of anilines is 1. The standard InChI is InChI=1S/C14H19N3O2/c1-8-14(18)17-11-6-9(2-3-12(11)19-8)13(15)10-4-5-16-7-10/h2-3,6,8,10,13,16H,4-5,7,15H2,1H3,(H,17,18). The molecule has 19 heavy (non-hydrogen) atoms. The molecule has 5 heteroatoms. The number of hydrogen-bond acceptors (Lipinski definition) is 4. The number of ether oxygens (including phenoxy) is 1. The Labute approximate surface area is 112 Å². The highest BCUT2D eigenvalue weighted by Gasteiger charge is 2.27. The second-order valence-corrected chi connectivity index (χ2v) is 5.28. The number of carbonyl (C=O) groups excluding carboxylic acids is 1. The predicted octanol–water partition coefficient (Wildman–Crippen LogP) is 1.02. The summed E-state index contributed by atoms with van der Waals surface area (Å²) in [7, 11) is 0. The van der Waals surface area contributed by atoms with Crippen molar-refractivity contribution in [3.63, 3.8) is 0 Å². The summed E-state index contributed by atoms with van der Waals surface area (Å²) in [5.74, 6) is 1.06. The Morgan fingerprint density at radius 1 is 1.47 bits per heavy atom. The van der Waals surface area contributed by atoms with Crippen LogP contribution in [0.4, 0.5) is 5.69 Å². The minimum atomic E-state index is -0.439. The second kappa shape index (κ2) is 4.83. The monoisotopic (exact) mass is 261 g/mol. The first-order valence-corrected chi connectivity index (χ1v) is 6.73. The van der Waals surface area contributed by atoms with Crippen molar-refractivity contribution in [3.8, 4) is 5.75 Å². The van der Waals surface area contributed by atoms with Crippen molar-refractivity contribution in [2.45, 2.75) is 25.5 Å². The van der Waals surface area contributed by atoms with Gasteiger partial charge in [0.25, 0.3) is 5.91 Å². The normalized spacial score (nSPS) is 27.4. The van der Waals surface area contributed by atoms with Crippen molar-refractivity contribution in [1.29, 1.82) is 0 Å². The van der Waals surface area contributed by atoms with E-state index in [0.717, 1.165) is 30.8 Å². The van der Waals surface area contributed by atoms with Crippen molar-refractivity contribution in [3.05, 3.63) is 23.8 Å². The molecule has 4 N–H and O–H groups in total. The molecule has 1 aromatic carbocycles. The summed E-state index contributed by atoms with van der Waals surface area (Å²) >= 11 is 0. The number of nitrogens with two attached hydrogens (primary N) is 1. The van der Waals surface area contributed by atoms with Crippen LogP contribution in [0.1, 0.15) is 24.9 Å². The number of carbonyl (C=O) groups is 1. The number of rotatable bonds is 2. The summed E-state index contributed by atoms with van der Waals surface area (Å²) in [6.45, 7) is 3.72. The third-order valence-corrected chi connectivity index (χ3v) is 3.93. The molecule has 1 aromatic rings. The molecule has 0 aliphatic carbocycles. The van der Waals surface area contributed by atoms with Crippen molar-refractivity contribution in [2.24, 2.45) is 11.7 Å². The van der Waals surface area contributed by atoms with Gasteiger partial charge < -0.3 is 21.1 Å². The summed E-state index contributed by atoms with van der Waals surface area (Å²) in [6, 6.07) is 5.81. The smallest absolute Gasteiger partial charge is 0.265 e. The van der Waals surface area contributed by atoms with Gasteiger partial charge in [-0.1, -0.05) is 6.07 Å². The third-order valence-electron chi connectivity index (χ3n) is 3.93. The van der Waals surface area contributed by atoms with Crippen LogP contribution in [0.5, 0.6) is 5.75 Å². The lowest BCUT2D eigenvalue weighted by atomic mass is 9.92. The van der Waals surface area contributed by atoms with E-state index in [1.807, 2.05) is 18.2 Å². The second-order valence-electron chi connectivity index (χ2n) is 5.28. The summed E-state index contributed by atoms with van der Waals surface area (Å²) in [5, 5.41) is 6.18. The number of amides is 1. The van der Waals surface area contributed by atoms with Gasteiger partial charge in [-0.3, -0.25) is 4.79 Å². The average Bonchev–Trinajstić information content (AvgIpc) is 2.93. The van der Waals surface area contributed by atoms with Crippen LogP contribution >= 0.6 is 0 Å². The van der Waals surface area contributed by atoms with E-state index in [1.54, 1.807) is 6.92 Å². The maximum Gasteiger partial charge on any atom is 0.265 e. The molecule has 1 saturated heterocycles. The lowest BCUT2D eigenvalue weighted by Crippen LogP contribution is -2.34. The first kappa shape index (κ1) is 12.4. The van der Waals surface area contributed by atoms with Gasteiger partial charge in [0.15, 0.2) is 6.10 Å². The van der Waals surface area contributed by atoms with E-state index in [9.17, 15) is 4.79 Å². The molecular formula is C14H19N3O2. The van der Waals surface area contributed by atoms with Crippen LogP contribution in [0.2, 0.25) is 0 Å². The van der Waals surface area contributed by atoms with E-state index in [0.29, 0.717) is 11.7 Å². The average molecular weight is 261 g/mol. The Bertz CT molecular complexity index is 497. The van der Waals surface area contributed by atoms with Gasteiger partial charge in [-0.2, -0.15) is 0 Å². The minimum Gasteiger partial charge on any atom is -0.479 e. The molecule has 0 aromatic heterocycles. The van der Waals surface area contributed by atoms with Crippen LogP contribution in [0.15, 0.2) is 18.2 Å². The number of nitrogens with one attached hydrogen (secondary N) is 2. The molecule has 3 unspecified atom stereocenters. The van der Waals surface area contributed by atoms with E-state index in [4.69, 9.17) is 10.5 Å². The van der Waals surface area contributed by atoms with Gasteiger partial charge in [-0.25, -0.2) is 0 Å². The molecule has 102 valence electrons. The zero-order chi connectivity index (χ0) is 13.4. The Balaban J connectivity index is 1.84. The van der Waals surface area contributed by atoms with Gasteiger partial charge in [-0.15, -0.1) is 0 Å². The fraction of sp³-hybridized carbons (Fsp3) is 0.500. The summed E-state index contributed by atoms with van der Waals surface area (Å²) < 4.78 is 5.54. The largest absolute Gasteiger partial charge is 0.479 e. The van der Waals surface area contributed by atoms with Crippen molar-refractivity contribution in [1.82, 2.24) is 5.32 Å². The Morgan fingerprint density at radius 2 is 2.32 bits per heavy atom. The molecule has 0 radical (unpaired) electrons. The molecule has 0 spiro atoms. The van der Waals surface area contributed by atoms with Crippen LogP contribution in [0.25, 0.3) is 0 Å². The predicted molar refractivity (Wildman–Crippen MR) is 73.1 cm³/mol. The lowest BCUT2D eigenvalue weighted by molar-refractivity contribution is -0.122. The molecule has 1 fully saturated rings. The van der Waals surface area contributed by atoms with Crippen molar-refractivity contribution >= 4 is 11.6 Å². The first-order chi connectivity index (χ1) is 9.15. The van der Waals surface area contributed by atoms with E-state index >= 15 is 0 Å². The number of hydrogen-bond donors (Lipinski definition) is 3.